The third-order valence-corrected chi connectivity index (χ3v) is 15.8. The zero-order valence-electron chi connectivity index (χ0n) is 43.5. The van der Waals surface area contributed by atoms with E-state index >= 15 is 0 Å². The summed E-state index contributed by atoms with van der Waals surface area (Å²) in [5.74, 6) is 1.46. The number of rotatable bonds is 9. The molecule has 4 aromatic heterocycles. The summed E-state index contributed by atoms with van der Waals surface area (Å²) in [5.41, 5.74) is 15.0. The number of benzene rings is 10. The van der Waals surface area contributed by atoms with Crippen LogP contribution in [0.1, 0.15) is 12.5 Å². The summed E-state index contributed by atoms with van der Waals surface area (Å²) in [6.45, 7) is 7.20. The van der Waals surface area contributed by atoms with Gasteiger partial charge in [-0.05, 0) is 112 Å². The highest BCUT2D eigenvalue weighted by atomic mass is 16.5. The third kappa shape index (κ3) is 7.44. The van der Waals surface area contributed by atoms with Crippen molar-refractivity contribution in [2.24, 2.45) is 0 Å². The van der Waals surface area contributed by atoms with Gasteiger partial charge in [-0.1, -0.05) is 183 Å². The van der Waals surface area contributed by atoms with E-state index < -0.39 is 0 Å². The van der Waals surface area contributed by atoms with Crippen LogP contribution in [-0.4, -0.2) is 20.6 Å². The van der Waals surface area contributed by atoms with Crippen LogP contribution in [0.15, 0.2) is 274 Å². The molecule has 0 aliphatic carbocycles. The Kier molecular flexibility index (Phi) is 10.9. The highest BCUT2D eigenvalue weighted by molar-refractivity contribution is 6.26. The quantitative estimate of drug-likeness (QED) is 0.135. The SMILES string of the molecule is C=C(/C=C\C=C/C)c1cccc(-c2ccccc2)c1N1CN(c2cccc(Oc3ccc4c5cc(-n6c7ccccc7c7ccccc76)cc6c7ccccc7c7ccccc7c7cccnc7n(c4c3)c65)c2)c2ccccc21. The number of hydrogen-bond donors (Lipinski definition) is 0. The smallest absolute Gasteiger partial charge is 0.145 e. The van der Waals surface area contributed by atoms with Crippen LogP contribution in [0.2, 0.25) is 0 Å². The second-order valence-electron chi connectivity index (χ2n) is 20.3. The third-order valence-electron chi connectivity index (χ3n) is 15.8. The molecule has 79 heavy (non-hydrogen) atoms. The molecule has 6 heteroatoms. The molecule has 0 saturated heterocycles. The Hall–Kier alpha value is -10.4. The Balaban J connectivity index is 0.910. The predicted octanol–water partition coefficient (Wildman–Crippen LogP) is 19.6. The molecule has 14 aromatic rings. The maximum atomic E-state index is 7.06. The van der Waals surface area contributed by atoms with Crippen LogP contribution in [-0.2, 0) is 0 Å². The number of pyridine rings is 1. The zero-order valence-corrected chi connectivity index (χ0v) is 43.5. The highest BCUT2D eigenvalue weighted by Crippen LogP contribution is 2.50. The van der Waals surface area contributed by atoms with Crippen molar-refractivity contribution < 1.29 is 4.74 Å². The van der Waals surface area contributed by atoms with Gasteiger partial charge in [-0.3, -0.25) is 4.40 Å². The summed E-state index contributed by atoms with van der Waals surface area (Å²) in [6.07, 6.45) is 10.1. The molecular formula is C73H51N5O. The maximum Gasteiger partial charge on any atom is 0.145 e. The molecule has 5 heterocycles. The summed E-state index contributed by atoms with van der Waals surface area (Å²) in [5, 5.41) is 11.5. The van der Waals surface area contributed by atoms with E-state index in [4.69, 9.17) is 9.72 Å². The van der Waals surface area contributed by atoms with Crippen molar-refractivity contribution in [2.45, 2.75) is 6.92 Å². The minimum atomic E-state index is 0.579. The van der Waals surface area contributed by atoms with Gasteiger partial charge in [0.1, 0.15) is 23.8 Å². The van der Waals surface area contributed by atoms with Crippen molar-refractivity contribution in [1.82, 2.24) is 14.0 Å². The number of aromatic nitrogens is 3. The van der Waals surface area contributed by atoms with E-state index in [0.29, 0.717) is 6.67 Å². The highest BCUT2D eigenvalue weighted by Gasteiger charge is 2.31. The van der Waals surface area contributed by atoms with Gasteiger partial charge in [-0.15, -0.1) is 0 Å². The van der Waals surface area contributed by atoms with Gasteiger partial charge in [-0.2, -0.15) is 0 Å². The number of nitrogens with zero attached hydrogens (tertiary/aromatic N) is 5. The van der Waals surface area contributed by atoms with Crippen molar-refractivity contribution in [2.75, 3.05) is 16.5 Å². The molecule has 0 N–H and O–H groups in total. The van der Waals surface area contributed by atoms with Gasteiger partial charge in [0.15, 0.2) is 0 Å². The van der Waals surface area contributed by atoms with Crippen molar-refractivity contribution >= 4 is 110 Å². The van der Waals surface area contributed by atoms with E-state index in [1.165, 1.54) is 16.2 Å². The van der Waals surface area contributed by atoms with E-state index in [1.54, 1.807) is 0 Å². The molecule has 0 unspecified atom stereocenters. The molecule has 0 spiro atoms. The summed E-state index contributed by atoms with van der Waals surface area (Å²) >= 11 is 0. The van der Waals surface area contributed by atoms with Crippen LogP contribution >= 0.6 is 0 Å². The number of allylic oxidation sites excluding steroid dienone is 5. The molecular weight excluding hydrogens is 963 g/mol. The second-order valence-corrected chi connectivity index (χ2v) is 20.3. The lowest BCUT2D eigenvalue weighted by Gasteiger charge is -2.27. The van der Waals surface area contributed by atoms with E-state index in [-0.39, 0.29) is 0 Å². The lowest BCUT2D eigenvalue weighted by atomic mass is 9.95. The van der Waals surface area contributed by atoms with Crippen LogP contribution in [0.5, 0.6) is 11.5 Å². The fourth-order valence-corrected chi connectivity index (χ4v) is 12.4. The Bertz CT molecular complexity index is 4850. The van der Waals surface area contributed by atoms with E-state index in [1.807, 2.05) is 25.3 Å². The summed E-state index contributed by atoms with van der Waals surface area (Å²) in [4.78, 5) is 10.1. The second kappa shape index (κ2) is 18.7. The van der Waals surface area contributed by atoms with Crippen LogP contribution in [0.3, 0.4) is 0 Å². The molecule has 0 atom stereocenters. The fraction of sp³-hybridized carbons (Fsp3) is 0.0274. The number of hydrogen-bond acceptors (Lipinski definition) is 4. The summed E-state index contributed by atoms with van der Waals surface area (Å²) < 4.78 is 11.9. The summed E-state index contributed by atoms with van der Waals surface area (Å²) in [7, 11) is 0. The molecule has 374 valence electrons. The van der Waals surface area contributed by atoms with Crippen LogP contribution in [0.4, 0.5) is 22.7 Å². The first-order valence-electron chi connectivity index (χ1n) is 26.9. The molecule has 10 aromatic carbocycles. The first-order valence-corrected chi connectivity index (χ1v) is 26.9. The Morgan fingerprint density at radius 1 is 0.468 bits per heavy atom. The monoisotopic (exact) mass is 1010 g/mol. The Morgan fingerprint density at radius 3 is 1.77 bits per heavy atom. The summed E-state index contributed by atoms with van der Waals surface area (Å²) in [6, 6.07) is 85.1. The van der Waals surface area contributed by atoms with Crippen molar-refractivity contribution in [3.63, 3.8) is 0 Å². The minimum Gasteiger partial charge on any atom is -0.457 e. The lowest BCUT2D eigenvalue weighted by Crippen LogP contribution is -2.25. The van der Waals surface area contributed by atoms with Crippen molar-refractivity contribution in [3.8, 4) is 28.3 Å². The Morgan fingerprint density at radius 2 is 1.05 bits per heavy atom. The van der Waals surface area contributed by atoms with Gasteiger partial charge in [0.25, 0.3) is 0 Å². The molecule has 15 rings (SSSR count). The number of ether oxygens (including phenoxy) is 1. The first kappa shape index (κ1) is 45.9. The van der Waals surface area contributed by atoms with Gasteiger partial charge in [-0.25, -0.2) is 4.98 Å². The standard InChI is InChI=1S/C73H51N5O/c1-3-4-6-22-48(2)54-33-20-34-55(49-23-7-5-8-24-49)71(54)76-47-75(68-38-17-18-39-69(68)76)50-25-19-26-52(43-50)79-53-40-41-62-65-45-51(77-66-36-15-13-31-60(66)61-32-14-16-37-67(61)77)44-64-59-30-12-10-28-57(59)56-27-9-11-29-58(56)63-35-21-42-74-73(63)78(72(64)65)70(62)46-53/h3-46H,2,47H2,1H3/b4-3-,22-6-. The average Bonchev–Trinajstić information content (AvgIpc) is 4.36. The maximum absolute atomic E-state index is 7.06. The lowest BCUT2D eigenvalue weighted by molar-refractivity contribution is 0.483. The molecule has 0 radical (unpaired) electrons. The number of fused-ring (bicyclic) bond motifs is 14. The average molecular weight is 1010 g/mol. The Labute approximate surface area is 457 Å². The van der Waals surface area contributed by atoms with Crippen molar-refractivity contribution in [3.05, 3.63) is 279 Å². The van der Waals surface area contributed by atoms with Gasteiger partial charge in [0, 0.05) is 73.1 Å². The van der Waals surface area contributed by atoms with E-state index in [2.05, 4.69) is 274 Å². The zero-order chi connectivity index (χ0) is 52.6. The largest absolute Gasteiger partial charge is 0.457 e. The number of anilines is 4. The van der Waals surface area contributed by atoms with Crippen LogP contribution < -0.4 is 14.5 Å². The van der Waals surface area contributed by atoms with Gasteiger partial charge < -0.3 is 19.1 Å². The molecule has 0 fully saturated rings. The van der Waals surface area contributed by atoms with Crippen molar-refractivity contribution in [1.29, 1.82) is 0 Å². The topological polar surface area (TPSA) is 37.9 Å². The van der Waals surface area contributed by atoms with Gasteiger partial charge >= 0.3 is 0 Å². The predicted molar refractivity (Wildman–Crippen MR) is 333 cm³/mol. The van der Waals surface area contributed by atoms with Gasteiger partial charge in [0.2, 0.25) is 0 Å². The fourth-order valence-electron chi connectivity index (χ4n) is 12.4. The molecule has 1 aliphatic heterocycles. The normalized spacial score (nSPS) is 12.7. The number of para-hydroxylation sites is 5. The van der Waals surface area contributed by atoms with Crippen LogP contribution in [0.25, 0.3) is 104 Å². The molecule has 1 aliphatic rings. The van der Waals surface area contributed by atoms with Gasteiger partial charge in [0.05, 0.1) is 39.1 Å². The minimum absolute atomic E-state index is 0.579. The van der Waals surface area contributed by atoms with E-state index in [0.717, 1.165) is 128 Å². The first-order chi connectivity index (χ1) is 39.1. The molecule has 0 bridgehead atoms. The molecule has 0 saturated carbocycles. The molecule has 6 nitrogen and oxygen atoms in total. The van der Waals surface area contributed by atoms with E-state index in [9.17, 15) is 0 Å². The van der Waals surface area contributed by atoms with Crippen LogP contribution in [0, 0.1) is 0 Å². The molecule has 0 amide bonds.